The number of nitrogens with zero attached hydrogens (tertiary/aromatic N) is 3. The van der Waals surface area contributed by atoms with Crippen LogP contribution in [0.5, 0.6) is 5.75 Å². The summed E-state index contributed by atoms with van der Waals surface area (Å²) in [6.45, 7) is 1.45. The third-order valence-electron chi connectivity index (χ3n) is 3.87. The van der Waals surface area contributed by atoms with Gasteiger partial charge in [-0.15, -0.1) is 13.2 Å². The molecule has 0 saturated carbocycles. The Morgan fingerprint density at radius 3 is 2.53 bits per heavy atom. The highest BCUT2D eigenvalue weighted by molar-refractivity contribution is 6.31. The first-order valence-electron chi connectivity index (χ1n) is 8.42. The molecule has 0 fully saturated rings. The molecule has 1 unspecified atom stereocenters. The molecule has 1 amide bonds. The van der Waals surface area contributed by atoms with Crippen LogP contribution in [0, 0.1) is 0 Å². The number of hydrogen-bond acceptors (Lipinski definition) is 6. The fourth-order valence-corrected chi connectivity index (χ4v) is 2.91. The van der Waals surface area contributed by atoms with Gasteiger partial charge >= 0.3 is 6.36 Å². The van der Waals surface area contributed by atoms with Gasteiger partial charge in [-0.3, -0.25) is 9.59 Å². The standard InChI is InChI=1S/C18H15ClF3N5O3/c1-17(23,9-27-25-14-7-12(19)6-11(8-28)15(14)26-27)24-16(29)10-2-4-13(5-3-10)30-18(20,21)22/h2-8H,9,23H2,1H3,(H,24,29). The Hall–Kier alpha value is -3.18. The van der Waals surface area contributed by atoms with Crippen LogP contribution in [0.2, 0.25) is 5.02 Å². The van der Waals surface area contributed by atoms with Crippen molar-refractivity contribution >= 4 is 34.8 Å². The zero-order valence-electron chi connectivity index (χ0n) is 15.4. The van der Waals surface area contributed by atoms with Gasteiger partial charge in [0.15, 0.2) is 6.29 Å². The summed E-state index contributed by atoms with van der Waals surface area (Å²) in [7, 11) is 0. The van der Waals surface area contributed by atoms with Crippen molar-refractivity contribution in [3.05, 3.63) is 52.5 Å². The van der Waals surface area contributed by atoms with Crippen LogP contribution in [0.15, 0.2) is 36.4 Å². The minimum atomic E-state index is -4.83. The number of fused-ring (bicyclic) bond motifs is 1. The summed E-state index contributed by atoms with van der Waals surface area (Å²) in [5.41, 5.74) is 5.85. The van der Waals surface area contributed by atoms with Gasteiger partial charge in [-0.25, -0.2) is 0 Å². The molecule has 0 bridgehead atoms. The molecule has 0 aliphatic rings. The number of rotatable bonds is 6. The number of aldehydes is 1. The van der Waals surface area contributed by atoms with Gasteiger partial charge in [-0.05, 0) is 43.3 Å². The quantitative estimate of drug-likeness (QED) is 0.449. The number of hydrogen-bond donors (Lipinski definition) is 2. The van der Waals surface area contributed by atoms with Crippen LogP contribution in [0.4, 0.5) is 13.2 Å². The van der Waals surface area contributed by atoms with E-state index in [1.807, 2.05) is 0 Å². The fraction of sp³-hybridized carbons (Fsp3) is 0.222. The Kier molecular flexibility index (Phi) is 5.68. The lowest BCUT2D eigenvalue weighted by Crippen LogP contribution is -2.56. The molecule has 158 valence electrons. The molecule has 12 heteroatoms. The number of ether oxygens (including phenoxy) is 1. The maximum absolute atomic E-state index is 12.4. The third-order valence-corrected chi connectivity index (χ3v) is 4.09. The van der Waals surface area contributed by atoms with Gasteiger partial charge in [-0.1, -0.05) is 11.6 Å². The SMILES string of the molecule is CC(N)(Cn1nc2cc(Cl)cc(C=O)c2n1)NC(=O)c1ccc(OC(F)(F)F)cc1. The predicted molar refractivity (Wildman–Crippen MR) is 101 cm³/mol. The van der Waals surface area contributed by atoms with E-state index in [9.17, 15) is 22.8 Å². The van der Waals surface area contributed by atoms with Crippen LogP contribution in [-0.4, -0.2) is 39.2 Å². The van der Waals surface area contributed by atoms with Crippen molar-refractivity contribution in [2.75, 3.05) is 0 Å². The second kappa shape index (κ2) is 7.92. The van der Waals surface area contributed by atoms with Crippen LogP contribution in [-0.2, 0) is 6.54 Å². The third kappa shape index (κ3) is 5.24. The Morgan fingerprint density at radius 1 is 1.27 bits per heavy atom. The van der Waals surface area contributed by atoms with Crippen LogP contribution >= 0.6 is 11.6 Å². The predicted octanol–water partition coefficient (Wildman–Crippen LogP) is 2.90. The highest BCUT2D eigenvalue weighted by atomic mass is 35.5. The molecule has 0 aliphatic heterocycles. The summed E-state index contributed by atoms with van der Waals surface area (Å²) in [5.74, 6) is -1.07. The number of amides is 1. The van der Waals surface area contributed by atoms with Gasteiger partial charge in [0.2, 0.25) is 0 Å². The van der Waals surface area contributed by atoms with E-state index >= 15 is 0 Å². The number of halogens is 4. The molecule has 1 heterocycles. The number of nitrogens with two attached hydrogens (primary N) is 1. The van der Waals surface area contributed by atoms with E-state index in [-0.39, 0.29) is 17.7 Å². The van der Waals surface area contributed by atoms with Gasteiger partial charge in [0.05, 0.1) is 6.54 Å². The number of aromatic nitrogens is 3. The summed E-state index contributed by atoms with van der Waals surface area (Å²) in [6, 6.07) is 7.36. The summed E-state index contributed by atoms with van der Waals surface area (Å²) in [5, 5.41) is 11.3. The average Bonchev–Trinajstić information content (AvgIpc) is 3.00. The molecule has 8 nitrogen and oxygen atoms in total. The Labute approximate surface area is 172 Å². The molecular weight excluding hydrogens is 427 g/mol. The zero-order valence-corrected chi connectivity index (χ0v) is 16.2. The molecule has 1 atom stereocenters. The van der Waals surface area contributed by atoms with E-state index in [0.29, 0.717) is 22.3 Å². The molecule has 1 aromatic heterocycles. The molecule has 3 aromatic rings. The monoisotopic (exact) mass is 441 g/mol. The number of benzene rings is 2. The van der Waals surface area contributed by atoms with E-state index in [1.54, 1.807) is 0 Å². The van der Waals surface area contributed by atoms with E-state index < -0.39 is 23.7 Å². The Bertz CT molecular complexity index is 1100. The van der Waals surface area contributed by atoms with Gasteiger partial charge in [0, 0.05) is 16.1 Å². The van der Waals surface area contributed by atoms with Crippen molar-refractivity contribution in [2.24, 2.45) is 5.73 Å². The number of carbonyl (C=O) groups is 2. The molecule has 0 aliphatic carbocycles. The van der Waals surface area contributed by atoms with E-state index in [0.717, 1.165) is 12.1 Å². The van der Waals surface area contributed by atoms with Gasteiger partial charge in [-0.2, -0.15) is 15.0 Å². The van der Waals surface area contributed by atoms with Crippen LogP contribution in [0.25, 0.3) is 11.0 Å². The van der Waals surface area contributed by atoms with Gasteiger partial charge in [0.25, 0.3) is 5.91 Å². The lowest BCUT2D eigenvalue weighted by molar-refractivity contribution is -0.274. The normalized spacial score (nSPS) is 13.7. The molecule has 3 N–H and O–H groups in total. The summed E-state index contributed by atoms with van der Waals surface area (Å²) in [6.07, 6.45) is -4.23. The lowest BCUT2D eigenvalue weighted by atomic mass is 10.1. The summed E-state index contributed by atoms with van der Waals surface area (Å²) < 4.78 is 40.4. The molecule has 2 aromatic carbocycles. The van der Waals surface area contributed by atoms with Crippen LogP contribution in [0.1, 0.15) is 27.6 Å². The van der Waals surface area contributed by atoms with Crippen molar-refractivity contribution in [1.82, 2.24) is 20.3 Å². The number of alkyl halides is 3. The molecule has 0 saturated heterocycles. The molecule has 3 rings (SSSR count). The first kappa shape index (κ1) is 21.5. The number of nitrogens with one attached hydrogen (secondary N) is 1. The van der Waals surface area contributed by atoms with E-state index in [2.05, 4.69) is 20.3 Å². The second-order valence-corrected chi connectivity index (χ2v) is 7.09. The van der Waals surface area contributed by atoms with Crippen LogP contribution in [0.3, 0.4) is 0 Å². The smallest absolute Gasteiger partial charge is 0.406 e. The van der Waals surface area contributed by atoms with Crippen molar-refractivity contribution in [2.45, 2.75) is 25.5 Å². The zero-order chi connectivity index (χ0) is 22.1. The van der Waals surface area contributed by atoms with Crippen molar-refractivity contribution < 1.29 is 27.5 Å². The maximum atomic E-state index is 12.4. The first-order valence-corrected chi connectivity index (χ1v) is 8.80. The van der Waals surface area contributed by atoms with Crippen molar-refractivity contribution in [3.63, 3.8) is 0 Å². The first-order chi connectivity index (χ1) is 14.0. The summed E-state index contributed by atoms with van der Waals surface area (Å²) in [4.78, 5) is 24.8. The topological polar surface area (TPSA) is 112 Å². The van der Waals surface area contributed by atoms with E-state index in [1.165, 1.54) is 36.0 Å². The fourth-order valence-electron chi connectivity index (χ4n) is 2.69. The van der Waals surface area contributed by atoms with E-state index in [4.69, 9.17) is 17.3 Å². The Balaban J connectivity index is 1.72. The van der Waals surface area contributed by atoms with Crippen molar-refractivity contribution in [1.29, 1.82) is 0 Å². The second-order valence-electron chi connectivity index (χ2n) is 6.65. The molecular formula is C18H15ClF3N5O3. The minimum absolute atomic E-state index is 0.0569. The minimum Gasteiger partial charge on any atom is -0.406 e. The van der Waals surface area contributed by atoms with Gasteiger partial charge in [0.1, 0.15) is 22.4 Å². The molecule has 0 spiro atoms. The largest absolute Gasteiger partial charge is 0.573 e. The highest BCUT2D eigenvalue weighted by Crippen LogP contribution is 2.23. The van der Waals surface area contributed by atoms with Gasteiger partial charge < -0.3 is 15.8 Å². The average molecular weight is 442 g/mol. The molecule has 30 heavy (non-hydrogen) atoms. The van der Waals surface area contributed by atoms with Crippen LogP contribution < -0.4 is 15.8 Å². The summed E-state index contributed by atoms with van der Waals surface area (Å²) >= 11 is 5.94. The highest BCUT2D eigenvalue weighted by Gasteiger charge is 2.31. The van der Waals surface area contributed by atoms with Crippen molar-refractivity contribution in [3.8, 4) is 5.75 Å². The maximum Gasteiger partial charge on any atom is 0.573 e. The number of carbonyl (C=O) groups excluding carboxylic acids is 2. The Morgan fingerprint density at radius 2 is 1.93 bits per heavy atom. The lowest BCUT2D eigenvalue weighted by Gasteiger charge is -2.25. The molecule has 0 radical (unpaired) electrons.